The molecule has 0 radical (unpaired) electrons. The summed E-state index contributed by atoms with van der Waals surface area (Å²) < 4.78 is 7.41. The minimum absolute atomic E-state index is 0. The Kier molecular flexibility index (Phi) is 11.7. The van der Waals surface area contributed by atoms with Crippen molar-refractivity contribution < 1.29 is 4.74 Å². The predicted octanol–water partition coefficient (Wildman–Crippen LogP) is 3.03. The molecule has 26 heavy (non-hydrogen) atoms. The molecular formula is C19H30IN5O. The molecule has 1 heterocycles. The highest BCUT2D eigenvalue weighted by atomic mass is 127. The van der Waals surface area contributed by atoms with Gasteiger partial charge in [0.2, 0.25) is 0 Å². The Hall–Kier alpha value is -1.61. The molecule has 6 nitrogen and oxygen atoms in total. The smallest absolute Gasteiger partial charge is 0.191 e. The minimum atomic E-state index is 0. The van der Waals surface area contributed by atoms with Crippen molar-refractivity contribution in [2.24, 2.45) is 4.99 Å². The number of aliphatic imine (C=N–C) groups is 1. The molecule has 144 valence electrons. The zero-order chi connectivity index (χ0) is 17.7. The zero-order valence-corrected chi connectivity index (χ0v) is 18.0. The van der Waals surface area contributed by atoms with Crippen LogP contribution in [0.2, 0.25) is 0 Å². The topological polar surface area (TPSA) is 63.5 Å². The first-order chi connectivity index (χ1) is 12.3. The fourth-order valence-electron chi connectivity index (χ4n) is 2.52. The Labute approximate surface area is 173 Å². The Bertz CT molecular complexity index is 631. The van der Waals surface area contributed by atoms with Gasteiger partial charge in [0.25, 0.3) is 0 Å². The molecule has 0 aliphatic carbocycles. The van der Waals surface area contributed by atoms with Crippen LogP contribution in [0.15, 0.2) is 48.0 Å². The van der Waals surface area contributed by atoms with Gasteiger partial charge in [-0.2, -0.15) is 0 Å². The van der Waals surface area contributed by atoms with E-state index in [-0.39, 0.29) is 24.0 Å². The summed E-state index contributed by atoms with van der Waals surface area (Å²) in [5, 5.41) is 6.70. The summed E-state index contributed by atoms with van der Waals surface area (Å²) in [6.07, 6.45) is 7.75. The van der Waals surface area contributed by atoms with Crippen LogP contribution in [0.25, 0.3) is 0 Å². The number of guanidine groups is 1. The first kappa shape index (κ1) is 22.4. The Morgan fingerprint density at radius 3 is 2.81 bits per heavy atom. The molecular weight excluding hydrogens is 441 g/mol. The van der Waals surface area contributed by atoms with Gasteiger partial charge in [0, 0.05) is 52.3 Å². The van der Waals surface area contributed by atoms with Gasteiger partial charge in [0.15, 0.2) is 5.96 Å². The number of ether oxygens (including phenoxy) is 1. The van der Waals surface area contributed by atoms with Crippen molar-refractivity contribution in [2.75, 3.05) is 26.8 Å². The van der Waals surface area contributed by atoms with Gasteiger partial charge < -0.3 is 19.9 Å². The Morgan fingerprint density at radius 2 is 2.08 bits per heavy atom. The van der Waals surface area contributed by atoms with Gasteiger partial charge in [-0.3, -0.25) is 4.99 Å². The average molecular weight is 471 g/mol. The van der Waals surface area contributed by atoms with Crippen molar-refractivity contribution in [2.45, 2.75) is 32.9 Å². The van der Waals surface area contributed by atoms with Crippen molar-refractivity contribution in [3.63, 3.8) is 0 Å². The van der Waals surface area contributed by atoms with E-state index in [1.54, 1.807) is 13.2 Å². The molecule has 0 spiro atoms. The maximum atomic E-state index is 5.34. The number of imidazole rings is 1. The summed E-state index contributed by atoms with van der Waals surface area (Å²) >= 11 is 0. The second kappa shape index (κ2) is 13.6. The highest BCUT2D eigenvalue weighted by Crippen LogP contribution is 2.07. The van der Waals surface area contributed by atoms with Crippen molar-refractivity contribution in [3.05, 3.63) is 54.1 Å². The molecule has 0 unspecified atom stereocenters. The maximum absolute atomic E-state index is 5.34. The van der Waals surface area contributed by atoms with E-state index in [1.165, 1.54) is 11.1 Å². The molecule has 2 N–H and O–H groups in total. The summed E-state index contributed by atoms with van der Waals surface area (Å²) in [5.74, 6) is 0.830. The van der Waals surface area contributed by atoms with Crippen molar-refractivity contribution >= 4 is 29.9 Å². The SMILES string of the molecule is CCOCCCCNC(=NC)NCc1cccc(Cn2ccnc2)c1.I. The lowest BCUT2D eigenvalue weighted by molar-refractivity contribution is 0.143. The average Bonchev–Trinajstić information content (AvgIpc) is 3.14. The molecule has 0 aliphatic rings. The fraction of sp³-hybridized carbons (Fsp3) is 0.474. The number of nitrogens with one attached hydrogen (secondary N) is 2. The summed E-state index contributed by atoms with van der Waals surface area (Å²) in [6.45, 7) is 6.11. The van der Waals surface area contributed by atoms with Crippen LogP contribution in [0.1, 0.15) is 30.9 Å². The summed E-state index contributed by atoms with van der Waals surface area (Å²) in [6, 6.07) is 8.56. The lowest BCUT2D eigenvalue weighted by Crippen LogP contribution is -2.37. The molecule has 7 heteroatoms. The minimum Gasteiger partial charge on any atom is -0.382 e. The van der Waals surface area contributed by atoms with E-state index in [4.69, 9.17) is 4.74 Å². The van der Waals surface area contributed by atoms with Crippen LogP contribution >= 0.6 is 24.0 Å². The molecule has 0 aliphatic heterocycles. The van der Waals surface area contributed by atoms with E-state index >= 15 is 0 Å². The molecule has 1 aromatic carbocycles. The molecule has 1 aromatic heterocycles. The number of hydrogen-bond acceptors (Lipinski definition) is 3. The fourth-order valence-corrected chi connectivity index (χ4v) is 2.52. The third-order valence-electron chi connectivity index (χ3n) is 3.81. The monoisotopic (exact) mass is 471 g/mol. The van der Waals surface area contributed by atoms with Crippen molar-refractivity contribution in [1.29, 1.82) is 0 Å². The van der Waals surface area contributed by atoms with Crippen LogP contribution in [-0.4, -0.2) is 42.3 Å². The van der Waals surface area contributed by atoms with E-state index < -0.39 is 0 Å². The van der Waals surface area contributed by atoms with Crippen LogP contribution in [0.5, 0.6) is 0 Å². The van der Waals surface area contributed by atoms with Crippen LogP contribution < -0.4 is 10.6 Å². The van der Waals surface area contributed by atoms with Crippen molar-refractivity contribution in [3.8, 4) is 0 Å². The standard InChI is InChI=1S/C19H29N5O.HI/c1-3-25-12-5-4-9-22-19(20-2)23-14-17-7-6-8-18(13-17)15-24-11-10-21-16-24;/h6-8,10-11,13,16H,3-5,9,12,14-15H2,1-2H3,(H2,20,22,23);1H. The molecule has 0 saturated heterocycles. The van der Waals surface area contributed by atoms with E-state index in [0.29, 0.717) is 0 Å². The van der Waals surface area contributed by atoms with Crippen LogP contribution in [-0.2, 0) is 17.8 Å². The highest BCUT2D eigenvalue weighted by molar-refractivity contribution is 14.0. The summed E-state index contributed by atoms with van der Waals surface area (Å²) in [4.78, 5) is 8.35. The lowest BCUT2D eigenvalue weighted by Gasteiger charge is -2.12. The Balaban J connectivity index is 0.00000338. The van der Waals surface area contributed by atoms with Crippen LogP contribution in [0, 0.1) is 0 Å². The van der Waals surface area contributed by atoms with E-state index in [9.17, 15) is 0 Å². The van der Waals surface area contributed by atoms with E-state index in [2.05, 4.69) is 49.4 Å². The normalized spacial score (nSPS) is 11.1. The van der Waals surface area contributed by atoms with E-state index in [0.717, 1.165) is 51.6 Å². The van der Waals surface area contributed by atoms with Gasteiger partial charge in [0.05, 0.1) is 6.33 Å². The Morgan fingerprint density at radius 1 is 1.23 bits per heavy atom. The second-order valence-electron chi connectivity index (χ2n) is 5.81. The van der Waals surface area contributed by atoms with Crippen LogP contribution in [0.4, 0.5) is 0 Å². The maximum Gasteiger partial charge on any atom is 0.191 e. The zero-order valence-electron chi connectivity index (χ0n) is 15.6. The lowest BCUT2D eigenvalue weighted by atomic mass is 10.1. The molecule has 0 bridgehead atoms. The third kappa shape index (κ3) is 8.66. The molecule has 0 atom stereocenters. The number of rotatable bonds is 10. The predicted molar refractivity (Wildman–Crippen MR) is 117 cm³/mol. The number of aromatic nitrogens is 2. The van der Waals surface area contributed by atoms with Gasteiger partial charge in [0.1, 0.15) is 0 Å². The number of nitrogens with zero attached hydrogens (tertiary/aromatic N) is 3. The molecule has 2 aromatic rings. The van der Waals surface area contributed by atoms with Gasteiger partial charge >= 0.3 is 0 Å². The quantitative estimate of drug-likeness (QED) is 0.242. The first-order valence-corrected chi connectivity index (χ1v) is 8.87. The number of hydrogen-bond donors (Lipinski definition) is 2. The van der Waals surface area contributed by atoms with Gasteiger partial charge in [-0.15, -0.1) is 24.0 Å². The molecule has 0 saturated carbocycles. The summed E-state index contributed by atoms with van der Waals surface area (Å²) in [5.41, 5.74) is 2.49. The second-order valence-corrected chi connectivity index (χ2v) is 5.81. The van der Waals surface area contributed by atoms with Gasteiger partial charge in [-0.25, -0.2) is 4.98 Å². The molecule has 2 rings (SSSR count). The molecule has 0 amide bonds. The number of unbranched alkanes of at least 4 members (excludes halogenated alkanes) is 1. The number of halogens is 1. The summed E-state index contributed by atoms with van der Waals surface area (Å²) in [7, 11) is 1.80. The van der Waals surface area contributed by atoms with Gasteiger partial charge in [-0.1, -0.05) is 24.3 Å². The molecule has 0 fully saturated rings. The van der Waals surface area contributed by atoms with Gasteiger partial charge in [-0.05, 0) is 30.9 Å². The van der Waals surface area contributed by atoms with E-state index in [1.807, 2.05) is 19.4 Å². The van der Waals surface area contributed by atoms with Crippen molar-refractivity contribution in [1.82, 2.24) is 20.2 Å². The third-order valence-corrected chi connectivity index (χ3v) is 3.81. The number of benzene rings is 1. The van der Waals surface area contributed by atoms with Crippen LogP contribution in [0.3, 0.4) is 0 Å². The highest BCUT2D eigenvalue weighted by Gasteiger charge is 2.00. The largest absolute Gasteiger partial charge is 0.382 e. The first-order valence-electron chi connectivity index (χ1n) is 8.87.